The van der Waals surface area contributed by atoms with Gasteiger partial charge in [0.2, 0.25) is 0 Å². The third-order valence-corrected chi connectivity index (χ3v) is 4.55. The van der Waals surface area contributed by atoms with Gasteiger partial charge in [-0.15, -0.1) is 0 Å². The first-order valence-corrected chi connectivity index (χ1v) is 8.10. The molecule has 4 rings (SSSR count). The fraction of sp³-hybridized carbons (Fsp3) is 0.0909. The van der Waals surface area contributed by atoms with Gasteiger partial charge in [-0.3, -0.25) is 0 Å². The molecule has 2 heteroatoms. The molecule has 118 valence electrons. The average Bonchev–Trinajstić information content (AvgIpc) is 2.90. The predicted octanol–water partition coefficient (Wildman–Crippen LogP) is 5.58. The molecule has 3 aromatic carbocycles. The van der Waals surface area contributed by atoms with Gasteiger partial charge in [-0.05, 0) is 34.9 Å². The number of nitrogens with zero attached hydrogens (tertiary/aromatic N) is 1. The van der Waals surface area contributed by atoms with Crippen LogP contribution in [-0.2, 0) is 13.5 Å². The van der Waals surface area contributed by atoms with Crippen molar-refractivity contribution in [3.63, 3.8) is 0 Å². The van der Waals surface area contributed by atoms with Crippen LogP contribution < -0.4 is 0 Å². The third-order valence-electron chi connectivity index (χ3n) is 4.55. The maximum Gasteiger partial charge on any atom is 0.123 e. The molecule has 0 amide bonds. The van der Waals surface area contributed by atoms with Gasteiger partial charge < -0.3 is 4.57 Å². The molecule has 1 aromatic heterocycles. The predicted molar refractivity (Wildman–Crippen MR) is 97.6 cm³/mol. The minimum Gasteiger partial charge on any atom is -0.343 e. The smallest absolute Gasteiger partial charge is 0.123 e. The number of aromatic nitrogens is 1. The Bertz CT molecular complexity index is 982. The van der Waals surface area contributed by atoms with Gasteiger partial charge in [0.1, 0.15) is 5.82 Å². The standard InChI is InChI=1S/C22H18FN/c1-24-21-10-6-5-9-19(21)20(15-16-11-13-18(23)14-12-16)22(24)17-7-3-2-4-8-17/h2-14H,15H2,1H3. The Kier molecular flexibility index (Phi) is 3.66. The summed E-state index contributed by atoms with van der Waals surface area (Å²) < 4.78 is 15.5. The van der Waals surface area contributed by atoms with Crippen molar-refractivity contribution in [1.29, 1.82) is 0 Å². The molecule has 0 atom stereocenters. The van der Waals surface area contributed by atoms with Crippen molar-refractivity contribution in [3.8, 4) is 11.3 Å². The maximum atomic E-state index is 13.2. The molecule has 0 aliphatic carbocycles. The molecule has 0 saturated carbocycles. The summed E-state index contributed by atoms with van der Waals surface area (Å²) >= 11 is 0. The molecule has 0 aliphatic rings. The molecule has 0 saturated heterocycles. The quantitative estimate of drug-likeness (QED) is 0.465. The van der Waals surface area contributed by atoms with Gasteiger partial charge in [0.05, 0.1) is 5.69 Å². The van der Waals surface area contributed by atoms with Crippen LogP contribution in [0.3, 0.4) is 0 Å². The van der Waals surface area contributed by atoms with E-state index < -0.39 is 0 Å². The van der Waals surface area contributed by atoms with E-state index in [4.69, 9.17) is 0 Å². The normalized spacial score (nSPS) is 11.1. The highest BCUT2D eigenvalue weighted by molar-refractivity contribution is 5.92. The Morgan fingerprint density at radius 3 is 2.21 bits per heavy atom. The van der Waals surface area contributed by atoms with Crippen molar-refractivity contribution >= 4 is 10.9 Å². The summed E-state index contributed by atoms with van der Waals surface area (Å²) in [7, 11) is 2.11. The highest BCUT2D eigenvalue weighted by Crippen LogP contribution is 2.34. The van der Waals surface area contributed by atoms with Gasteiger partial charge in [-0.2, -0.15) is 0 Å². The topological polar surface area (TPSA) is 4.93 Å². The molecular formula is C22H18FN. The van der Waals surface area contributed by atoms with Gasteiger partial charge in [0.25, 0.3) is 0 Å². The first-order valence-electron chi connectivity index (χ1n) is 8.10. The number of benzene rings is 3. The average molecular weight is 315 g/mol. The van der Waals surface area contributed by atoms with E-state index in [1.54, 1.807) is 0 Å². The van der Waals surface area contributed by atoms with Gasteiger partial charge in [0, 0.05) is 24.4 Å². The van der Waals surface area contributed by atoms with Crippen LogP contribution in [0, 0.1) is 5.82 Å². The van der Waals surface area contributed by atoms with Gasteiger partial charge in [-0.25, -0.2) is 4.39 Å². The zero-order chi connectivity index (χ0) is 16.5. The molecule has 0 N–H and O–H groups in total. The monoisotopic (exact) mass is 315 g/mol. The molecule has 0 fully saturated rings. The van der Waals surface area contributed by atoms with Crippen molar-refractivity contribution in [1.82, 2.24) is 4.57 Å². The summed E-state index contributed by atoms with van der Waals surface area (Å²) in [4.78, 5) is 0. The second-order valence-corrected chi connectivity index (χ2v) is 6.07. The first-order chi connectivity index (χ1) is 11.7. The lowest BCUT2D eigenvalue weighted by molar-refractivity contribution is 0.627. The van der Waals surface area contributed by atoms with E-state index in [9.17, 15) is 4.39 Å². The van der Waals surface area contributed by atoms with Crippen LogP contribution in [0.5, 0.6) is 0 Å². The minimum atomic E-state index is -0.194. The zero-order valence-corrected chi connectivity index (χ0v) is 13.5. The summed E-state index contributed by atoms with van der Waals surface area (Å²) in [5, 5.41) is 1.25. The van der Waals surface area contributed by atoms with E-state index in [1.807, 2.05) is 18.2 Å². The van der Waals surface area contributed by atoms with E-state index in [1.165, 1.54) is 39.9 Å². The minimum absolute atomic E-state index is 0.194. The number of hydrogen-bond donors (Lipinski definition) is 0. The van der Waals surface area contributed by atoms with Crippen molar-refractivity contribution in [2.75, 3.05) is 0 Å². The van der Waals surface area contributed by atoms with Crippen LogP contribution in [0.15, 0.2) is 78.9 Å². The van der Waals surface area contributed by atoms with Crippen molar-refractivity contribution < 1.29 is 4.39 Å². The van der Waals surface area contributed by atoms with E-state index in [0.29, 0.717) is 0 Å². The summed E-state index contributed by atoms with van der Waals surface area (Å²) in [5.74, 6) is -0.194. The number of aryl methyl sites for hydroxylation is 1. The van der Waals surface area contributed by atoms with E-state index in [2.05, 4.69) is 60.1 Å². The summed E-state index contributed by atoms with van der Waals surface area (Å²) in [6.45, 7) is 0. The highest BCUT2D eigenvalue weighted by Gasteiger charge is 2.16. The second-order valence-electron chi connectivity index (χ2n) is 6.07. The highest BCUT2D eigenvalue weighted by atomic mass is 19.1. The van der Waals surface area contributed by atoms with Gasteiger partial charge in [-0.1, -0.05) is 60.7 Å². The molecule has 24 heavy (non-hydrogen) atoms. The Morgan fingerprint density at radius 2 is 1.46 bits per heavy atom. The number of halogens is 1. The van der Waals surface area contributed by atoms with Crippen LogP contribution in [0.2, 0.25) is 0 Å². The van der Waals surface area contributed by atoms with Crippen molar-refractivity contribution in [2.45, 2.75) is 6.42 Å². The van der Waals surface area contributed by atoms with Crippen LogP contribution in [0.1, 0.15) is 11.1 Å². The van der Waals surface area contributed by atoms with Crippen LogP contribution in [0.4, 0.5) is 4.39 Å². The number of para-hydroxylation sites is 1. The van der Waals surface area contributed by atoms with Crippen LogP contribution in [0.25, 0.3) is 22.2 Å². The van der Waals surface area contributed by atoms with E-state index in [-0.39, 0.29) is 5.82 Å². The molecule has 0 aliphatic heterocycles. The van der Waals surface area contributed by atoms with Gasteiger partial charge >= 0.3 is 0 Å². The first kappa shape index (κ1) is 14.7. The SMILES string of the molecule is Cn1c(-c2ccccc2)c(Cc2ccc(F)cc2)c2ccccc21. The fourth-order valence-electron chi connectivity index (χ4n) is 3.42. The molecule has 0 unspecified atom stereocenters. The molecule has 0 bridgehead atoms. The van der Waals surface area contributed by atoms with Crippen molar-refractivity contribution in [3.05, 3.63) is 95.8 Å². The van der Waals surface area contributed by atoms with E-state index in [0.717, 1.165) is 12.0 Å². The molecule has 0 spiro atoms. The summed E-state index contributed by atoms with van der Waals surface area (Å²) in [5.41, 5.74) is 6.04. The lowest BCUT2D eigenvalue weighted by atomic mass is 9.98. The third kappa shape index (κ3) is 2.50. The Morgan fingerprint density at radius 1 is 0.792 bits per heavy atom. The summed E-state index contributed by atoms with van der Waals surface area (Å²) in [6, 6.07) is 25.7. The van der Waals surface area contributed by atoms with Crippen LogP contribution in [-0.4, -0.2) is 4.57 Å². The number of rotatable bonds is 3. The molecule has 4 aromatic rings. The fourth-order valence-corrected chi connectivity index (χ4v) is 3.42. The Hall–Kier alpha value is -2.87. The van der Waals surface area contributed by atoms with Crippen molar-refractivity contribution in [2.24, 2.45) is 7.05 Å². The maximum absolute atomic E-state index is 13.2. The molecule has 0 radical (unpaired) electrons. The molecule has 1 heterocycles. The zero-order valence-electron chi connectivity index (χ0n) is 13.5. The summed E-state index contributed by atoms with van der Waals surface area (Å²) in [6.07, 6.45) is 0.784. The number of fused-ring (bicyclic) bond motifs is 1. The largest absolute Gasteiger partial charge is 0.343 e. The Labute approximate surface area is 141 Å². The lowest BCUT2D eigenvalue weighted by Gasteiger charge is -2.09. The van der Waals surface area contributed by atoms with Crippen LogP contribution >= 0.6 is 0 Å². The Balaban J connectivity index is 1.93. The second kappa shape index (κ2) is 5.97. The number of hydrogen-bond acceptors (Lipinski definition) is 0. The molecule has 1 nitrogen and oxygen atoms in total. The van der Waals surface area contributed by atoms with E-state index >= 15 is 0 Å². The lowest BCUT2D eigenvalue weighted by Crippen LogP contribution is -1.95. The van der Waals surface area contributed by atoms with Gasteiger partial charge in [0.15, 0.2) is 0 Å². The molecular weight excluding hydrogens is 297 g/mol.